The highest BCUT2D eigenvalue weighted by molar-refractivity contribution is 5.56. The third-order valence-electron chi connectivity index (χ3n) is 12.3. The molecular weight excluding hydrogens is 845 g/mol. The molecule has 0 aromatic heterocycles. The Morgan fingerprint density at radius 3 is 0.662 bits per heavy atom. The summed E-state index contributed by atoms with van der Waals surface area (Å²) in [6.45, 7) is 24.4. The van der Waals surface area contributed by atoms with Crippen molar-refractivity contribution in [3.05, 3.63) is 211 Å². The van der Waals surface area contributed by atoms with Gasteiger partial charge in [0.05, 0.1) is 0 Å². The molecule has 7 nitrogen and oxygen atoms in total. The Hall–Kier alpha value is -7.48. The van der Waals surface area contributed by atoms with E-state index < -0.39 is 6.10 Å². The first-order valence-corrected chi connectivity index (χ1v) is 23.0. The van der Waals surface area contributed by atoms with Gasteiger partial charge in [0.25, 0.3) is 0 Å². The van der Waals surface area contributed by atoms with Crippen molar-refractivity contribution >= 4 is 0 Å². The largest absolute Gasteiger partial charge is 0.457 e. The second-order valence-corrected chi connectivity index (χ2v) is 18.1. The Labute approximate surface area is 401 Å². The van der Waals surface area contributed by atoms with Crippen molar-refractivity contribution in [2.24, 2.45) is 0 Å². The predicted molar refractivity (Wildman–Crippen MR) is 273 cm³/mol. The first-order valence-electron chi connectivity index (χ1n) is 23.0. The highest BCUT2D eigenvalue weighted by atomic mass is 16.5. The zero-order valence-corrected chi connectivity index (χ0v) is 41.2. The molecule has 0 aliphatic heterocycles. The molecule has 0 unspecified atom stereocenters. The van der Waals surface area contributed by atoms with E-state index in [2.05, 4.69) is 52.0 Å². The van der Waals surface area contributed by atoms with Crippen LogP contribution in [-0.2, 0) is 0 Å². The van der Waals surface area contributed by atoms with E-state index in [-0.39, 0.29) is 0 Å². The third kappa shape index (κ3) is 10.4. The van der Waals surface area contributed by atoms with E-state index in [9.17, 15) is 5.11 Å². The van der Waals surface area contributed by atoms with E-state index in [0.29, 0.717) is 11.5 Å². The first-order chi connectivity index (χ1) is 32.5. The van der Waals surface area contributed by atoms with Crippen LogP contribution in [0.25, 0.3) is 0 Å². The normalized spacial score (nSPS) is 11.1. The van der Waals surface area contributed by atoms with Crippen LogP contribution >= 0.6 is 0 Å². The molecule has 346 valence electrons. The molecule has 0 atom stereocenters. The van der Waals surface area contributed by atoms with Gasteiger partial charge in [-0.1, -0.05) is 60.7 Å². The van der Waals surface area contributed by atoms with Crippen LogP contribution in [0, 0.1) is 83.1 Å². The number of hydrogen-bond donors (Lipinski definition) is 1. The molecule has 0 aliphatic carbocycles. The first kappa shape index (κ1) is 47.0. The second-order valence-electron chi connectivity index (χ2n) is 18.1. The Kier molecular flexibility index (Phi) is 13.7. The van der Waals surface area contributed by atoms with E-state index in [4.69, 9.17) is 28.4 Å². The molecule has 0 saturated carbocycles. The third-order valence-corrected chi connectivity index (χ3v) is 12.3. The number of aryl methyl sites for hydroxylation is 12. The number of hydrogen-bond acceptors (Lipinski definition) is 7. The average Bonchev–Trinajstić information content (AvgIpc) is 3.29. The molecule has 0 saturated heterocycles. The molecule has 0 aliphatic rings. The quantitative estimate of drug-likeness (QED) is 0.116. The minimum absolute atomic E-state index is 0.666. The lowest BCUT2D eigenvalue weighted by molar-refractivity contribution is 0.220. The molecule has 0 amide bonds. The van der Waals surface area contributed by atoms with Gasteiger partial charge in [0.2, 0.25) is 0 Å². The van der Waals surface area contributed by atoms with Crippen molar-refractivity contribution in [1.29, 1.82) is 0 Å². The lowest BCUT2D eigenvalue weighted by Gasteiger charge is -2.18. The van der Waals surface area contributed by atoms with E-state index >= 15 is 0 Å². The van der Waals surface area contributed by atoms with Crippen molar-refractivity contribution in [3.8, 4) is 69.0 Å². The molecular formula is C61H60O7. The summed E-state index contributed by atoms with van der Waals surface area (Å²) in [7, 11) is 0. The van der Waals surface area contributed by atoms with Crippen LogP contribution in [0.4, 0.5) is 0 Å². The molecule has 8 aromatic rings. The molecule has 0 heterocycles. The molecule has 68 heavy (non-hydrogen) atoms. The zero-order valence-electron chi connectivity index (χ0n) is 41.2. The van der Waals surface area contributed by atoms with Gasteiger partial charge in [0, 0.05) is 0 Å². The summed E-state index contributed by atoms with van der Waals surface area (Å²) in [6.07, 6.45) is -0.837. The minimum atomic E-state index is -0.837. The van der Waals surface area contributed by atoms with Crippen LogP contribution < -0.4 is 28.4 Å². The van der Waals surface area contributed by atoms with E-state index in [0.717, 1.165) is 135 Å². The van der Waals surface area contributed by atoms with Gasteiger partial charge < -0.3 is 33.5 Å². The average molecular weight is 905 g/mol. The lowest BCUT2D eigenvalue weighted by Crippen LogP contribution is -2.00. The Bertz CT molecular complexity index is 2800. The maximum Gasteiger partial charge on any atom is 0.133 e. The Morgan fingerprint density at radius 1 is 0.250 bits per heavy atom. The highest BCUT2D eigenvalue weighted by Gasteiger charge is 2.18. The van der Waals surface area contributed by atoms with E-state index in [1.54, 1.807) is 0 Å². The summed E-state index contributed by atoms with van der Waals surface area (Å²) in [5.74, 6) is 9.23. The SMILES string of the molecule is Cc1cccc(C)c1Oc1cc(C)c(Oc2cc(C)c(Oc3ccc(C(O)c4ccc(Oc5c(C)cc(Oc6c(C)cc(Oc7c(C)cccc7C)cc6C)cc5C)cc4)cc3)c(C)c2)c(C)c1. The Morgan fingerprint density at radius 2 is 0.441 bits per heavy atom. The standard InChI is InChI=1S/C61H60O7/c1-35-15-13-16-36(2)56(35)65-51-31-43(9)60(44(10)32-51)67-53-27-39(5)58(40(6)28-53)63-49-23-19-47(20-24-49)55(62)48-21-25-50(26-22-48)64-59-41(7)29-54(30-42(59)8)68-61-45(11)33-52(34-46(61)12)66-57-37(3)17-14-18-38(57)4/h13-34,55,62H,1-12H3. The van der Waals surface area contributed by atoms with Gasteiger partial charge in [-0.15, -0.1) is 0 Å². The van der Waals surface area contributed by atoms with Crippen LogP contribution in [0.1, 0.15) is 84.0 Å². The van der Waals surface area contributed by atoms with Crippen LogP contribution in [0.3, 0.4) is 0 Å². The van der Waals surface area contributed by atoms with E-state index in [1.165, 1.54) is 0 Å². The van der Waals surface area contributed by atoms with Gasteiger partial charge in [-0.05, 0) is 234 Å². The van der Waals surface area contributed by atoms with Gasteiger partial charge >= 0.3 is 0 Å². The molecule has 0 radical (unpaired) electrons. The number of benzene rings is 8. The molecule has 0 spiro atoms. The fourth-order valence-electron chi connectivity index (χ4n) is 8.78. The number of aliphatic hydroxyl groups excluding tert-OH is 1. The minimum Gasteiger partial charge on any atom is -0.457 e. The van der Waals surface area contributed by atoms with Crippen LogP contribution in [-0.4, -0.2) is 5.11 Å². The lowest BCUT2D eigenvalue weighted by atomic mass is 10.0. The number of aliphatic hydroxyl groups is 1. The summed E-state index contributed by atoms with van der Waals surface area (Å²) in [5, 5.41) is 11.4. The zero-order chi connectivity index (χ0) is 48.4. The van der Waals surface area contributed by atoms with Crippen LogP contribution in [0.5, 0.6) is 69.0 Å². The number of para-hydroxylation sites is 2. The van der Waals surface area contributed by atoms with Gasteiger partial charge in [-0.2, -0.15) is 0 Å². The summed E-state index contributed by atoms with van der Waals surface area (Å²) in [5.41, 5.74) is 13.6. The van der Waals surface area contributed by atoms with Crippen molar-refractivity contribution in [2.75, 3.05) is 0 Å². The molecule has 0 fully saturated rings. The van der Waals surface area contributed by atoms with Gasteiger partial charge in [-0.3, -0.25) is 0 Å². The van der Waals surface area contributed by atoms with Crippen molar-refractivity contribution in [2.45, 2.75) is 89.2 Å². The maximum absolute atomic E-state index is 11.4. The fourth-order valence-corrected chi connectivity index (χ4v) is 8.78. The molecule has 8 aromatic carbocycles. The number of rotatable bonds is 14. The van der Waals surface area contributed by atoms with Gasteiger partial charge in [-0.25, -0.2) is 0 Å². The summed E-state index contributed by atoms with van der Waals surface area (Å²) >= 11 is 0. The summed E-state index contributed by atoms with van der Waals surface area (Å²) in [4.78, 5) is 0. The predicted octanol–water partition coefficient (Wildman–Crippen LogP) is 17.2. The highest BCUT2D eigenvalue weighted by Crippen LogP contribution is 2.41. The van der Waals surface area contributed by atoms with Crippen molar-refractivity contribution in [3.63, 3.8) is 0 Å². The maximum atomic E-state index is 11.4. The van der Waals surface area contributed by atoms with Crippen LogP contribution in [0.15, 0.2) is 133 Å². The Balaban J connectivity index is 0.881. The van der Waals surface area contributed by atoms with Crippen molar-refractivity contribution in [1.82, 2.24) is 0 Å². The smallest absolute Gasteiger partial charge is 0.133 e. The second kappa shape index (κ2) is 19.8. The van der Waals surface area contributed by atoms with Gasteiger partial charge in [0.15, 0.2) is 0 Å². The number of ether oxygens (including phenoxy) is 6. The molecule has 0 bridgehead atoms. The molecule has 7 heteroatoms. The summed E-state index contributed by atoms with van der Waals surface area (Å²) < 4.78 is 38.4. The van der Waals surface area contributed by atoms with Crippen molar-refractivity contribution < 1.29 is 33.5 Å². The topological polar surface area (TPSA) is 75.6 Å². The fraction of sp³-hybridized carbons (Fsp3) is 0.213. The van der Waals surface area contributed by atoms with E-state index in [1.807, 2.05) is 165 Å². The molecule has 1 N–H and O–H groups in total. The summed E-state index contributed by atoms with van der Waals surface area (Å²) in [6, 6.07) is 43.4. The monoisotopic (exact) mass is 904 g/mol. The van der Waals surface area contributed by atoms with Crippen LogP contribution in [0.2, 0.25) is 0 Å². The van der Waals surface area contributed by atoms with Gasteiger partial charge in [0.1, 0.15) is 75.1 Å². The molecule has 8 rings (SSSR count).